The minimum absolute atomic E-state index is 0. The smallest absolute Gasteiger partial charge is 0 e. The van der Waals surface area contributed by atoms with Crippen LogP contribution in [-0.4, -0.2) is 37.7 Å². The summed E-state index contributed by atoms with van der Waals surface area (Å²) in [4.78, 5) is 0. The van der Waals surface area contributed by atoms with Gasteiger partial charge in [-0.3, -0.25) is 0 Å². The van der Waals surface area contributed by atoms with Gasteiger partial charge in [0.05, 0.1) is 0 Å². The maximum absolute atomic E-state index is 0. The maximum atomic E-state index is 0. The van der Waals surface area contributed by atoms with Crippen molar-refractivity contribution in [1.29, 1.82) is 0 Å². The van der Waals surface area contributed by atoms with Gasteiger partial charge >= 0.3 is 37.7 Å². The first kappa shape index (κ1) is 24.9. The van der Waals surface area contributed by atoms with Crippen LogP contribution in [0.1, 0.15) is 0 Å². The predicted molar refractivity (Wildman–Crippen MR) is 8.54 cm³/mol. The standard InChI is InChI=1S/Ca.V.Y.Zr.2H. The summed E-state index contributed by atoms with van der Waals surface area (Å²) in [5.41, 5.74) is 0. The third-order valence-electron chi connectivity index (χ3n) is 0. The normalized spacial score (nSPS) is 0. The third kappa shape index (κ3) is 9.27. The molecule has 2 radical (unpaired) electrons. The fourth-order valence-corrected chi connectivity index (χ4v) is 0. The van der Waals surface area contributed by atoms with E-state index in [1.807, 2.05) is 0 Å². The van der Waals surface area contributed by atoms with Gasteiger partial charge in [0.2, 0.25) is 0 Å². The van der Waals surface area contributed by atoms with Gasteiger partial charge in [-0.1, -0.05) is 0 Å². The van der Waals surface area contributed by atoms with Gasteiger partial charge in [-0.25, -0.2) is 0 Å². The molecular weight excluding hydrogens is 271 g/mol. The van der Waals surface area contributed by atoms with E-state index in [-0.39, 0.29) is 115 Å². The molecule has 0 amide bonds. The molecule has 0 aliphatic carbocycles. The molecule has 16 valence electrons. The molecule has 0 N–H and O–H groups in total. The quantitative estimate of drug-likeness (QED) is 0.501. The molecule has 0 spiro atoms. The van der Waals surface area contributed by atoms with Crippen LogP contribution in [-0.2, 0) is 77.5 Å². The molecule has 0 aromatic rings. The topological polar surface area (TPSA) is 0 Å². The molecule has 0 aliphatic heterocycles. The molecule has 4 heteroatoms. The van der Waals surface area contributed by atoms with Gasteiger partial charge in [0.25, 0.3) is 0 Å². The second kappa shape index (κ2) is 15.8. The van der Waals surface area contributed by atoms with E-state index in [1.54, 1.807) is 0 Å². The van der Waals surface area contributed by atoms with Gasteiger partial charge in [-0.05, 0) is 0 Å². The van der Waals surface area contributed by atoms with Crippen molar-refractivity contribution in [3.8, 4) is 0 Å². The Labute approximate surface area is 112 Å². The van der Waals surface area contributed by atoms with Gasteiger partial charge in [0, 0.05) is 77.5 Å². The first-order valence-corrected chi connectivity index (χ1v) is 0. The molecule has 0 aromatic carbocycles. The molecular formula is H2CaVYZr. The molecule has 0 heterocycles. The Hall–Kier alpha value is 3.83. The van der Waals surface area contributed by atoms with Gasteiger partial charge in [-0.15, -0.1) is 0 Å². The zero-order valence-corrected chi connectivity index (χ0v) is 8.22. The molecule has 0 bridgehead atoms. The van der Waals surface area contributed by atoms with Crippen molar-refractivity contribution >= 4 is 37.7 Å². The molecule has 0 aliphatic rings. The second-order valence-corrected chi connectivity index (χ2v) is 0. The van der Waals surface area contributed by atoms with Gasteiger partial charge in [0.1, 0.15) is 0 Å². The van der Waals surface area contributed by atoms with E-state index in [9.17, 15) is 0 Å². The van der Waals surface area contributed by atoms with Crippen LogP contribution in [0.25, 0.3) is 0 Å². The Balaban J connectivity index is 0. The molecule has 4 heavy (non-hydrogen) atoms. The van der Waals surface area contributed by atoms with Crippen LogP contribution >= 0.6 is 0 Å². The third-order valence-corrected chi connectivity index (χ3v) is 0. The maximum Gasteiger partial charge on any atom is 0 e. The van der Waals surface area contributed by atoms with E-state index in [1.165, 1.54) is 0 Å². The Morgan fingerprint density at radius 1 is 1.00 bits per heavy atom. The summed E-state index contributed by atoms with van der Waals surface area (Å²) >= 11 is 0. The van der Waals surface area contributed by atoms with E-state index >= 15 is 0 Å². The summed E-state index contributed by atoms with van der Waals surface area (Å²) in [6, 6.07) is 0. The fraction of sp³-hybridized carbons (Fsp3) is 0. The molecule has 0 atom stereocenters. The average molecular weight is 273 g/mol. The van der Waals surface area contributed by atoms with Gasteiger partial charge in [0.15, 0.2) is 0 Å². The second-order valence-electron chi connectivity index (χ2n) is 0. The van der Waals surface area contributed by atoms with Crippen LogP contribution < -0.4 is 0 Å². The fourth-order valence-electron chi connectivity index (χ4n) is 0. The Morgan fingerprint density at radius 3 is 1.00 bits per heavy atom. The van der Waals surface area contributed by atoms with Gasteiger partial charge in [-0.2, -0.15) is 0 Å². The predicted octanol–water partition coefficient (Wildman–Crippen LogP) is -0.924. The van der Waals surface area contributed by atoms with Crippen molar-refractivity contribution in [2.45, 2.75) is 0 Å². The summed E-state index contributed by atoms with van der Waals surface area (Å²) in [6.45, 7) is 0. The first-order chi connectivity index (χ1) is 0. The molecule has 0 unspecified atom stereocenters. The van der Waals surface area contributed by atoms with Gasteiger partial charge < -0.3 is 0 Å². The van der Waals surface area contributed by atoms with Crippen LogP contribution in [0, 0.1) is 0 Å². The van der Waals surface area contributed by atoms with Crippen LogP contribution in [0.2, 0.25) is 0 Å². The molecule has 0 saturated heterocycles. The van der Waals surface area contributed by atoms with Crippen LogP contribution in [0.5, 0.6) is 0 Å². The largest absolute Gasteiger partial charge is 0 e. The molecule has 0 rings (SSSR count). The monoisotopic (exact) mass is 272 g/mol. The van der Waals surface area contributed by atoms with E-state index in [4.69, 9.17) is 0 Å². The van der Waals surface area contributed by atoms with Crippen molar-refractivity contribution in [1.82, 2.24) is 0 Å². The van der Waals surface area contributed by atoms with Crippen molar-refractivity contribution in [2.75, 3.05) is 0 Å². The van der Waals surface area contributed by atoms with Crippen molar-refractivity contribution < 1.29 is 77.5 Å². The molecule has 0 nitrogen and oxygen atoms in total. The summed E-state index contributed by atoms with van der Waals surface area (Å²) in [5.74, 6) is 0. The Kier molecular flexibility index (Phi) is 98.5. The minimum Gasteiger partial charge on any atom is 0 e. The van der Waals surface area contributed by atoms with Crippen LogP contribution in [0.15, 0.2) is 0 Å². The first-order valence-electron chi connectivity index (χ1n) is 0. The zero-order chi connectivity index (χ0) is 0. The van der Waals surface area contributed by atoms with E-state index in [0.29, 0.717) is 0 Å². The van der Waals surface area contributed by atoms with E-state index in [0.717, 1.165) is 0 Å². The molecule has 0 fully saturated rings. The summed E-state index contributed by atoms with van der Waals surface area (Å²) in [5, 5.41) is 0. The number of hydrogen-bond acceptors (Lipinski definition) is 0. The number of rotatable bonds is 0. The van der Waals surface area contributed by atoms with Crippen molar-refractivity contribution in [2.24, 2.45) is 0 Å². The average Bonchev–Trinajstić information content (AvgIpc) is 0. The van der Waals surface area contributed by atoms with Crippen LogP contribution in [0.4, 0.5) is 0 Å². The van der Waals surface area contributed by atoms with E-state index < -0.39 is 0 Å². The summed E-state index contributed by atoms with van der Waals surface area (Å²) < 4.78 is 0. The molecule has 0 aromatic heterocycles. The summed E-state index contributed by atoms with van der Waals surface area (Å²) in [6.07, 6.45) is 0. The number of hydrogen-bond donors (Lipinski definition) is 0. The minimum atomic E-state index is 0. The Morgan fingerprint density at radius 2 is 1.00 bits per heavy atom. The van der Waals surface area contributed by atoms with Crippen molar-refractivity contribution in [3.63, 3.8) is 0 Å². The Bertz CT molecular complexity index is 8.00. The summed E-state index contributed by atoms with van der Waals surface area (Å²) in [7, 11) is 0. The van der Waals surface area contributed by atoms with E-state index in [2.05, 4.69) is 0 Å². The van der Waals surface area contributed by atoms with Crippen molar-refractivity contribution in [3.05, 3.63) is 0 Å². The molecule has 0 saturated carbocycles. The van der Waals surface area contributed by atoms with Crippen LogP contribution in [0.3, 0.4) is 0 Å². The SMILES string of the molecule is [CaH2].[V].[Y].[Zr]. The zero-order valence-electron chi connectivity index (χ0n) is 1.52.